The number of nitrogens with two attached hydrogens (primary N) is 1. The van der Waals surface area contributed by atoms with Crippen molar-refractivity contribution < 1.29 is 13.6 Å². The second-order valence-electron chi connectivity index (χ2n) is 5.05. The summed E-state index contributed by atoms with van der Waals surface area (Å²) < 4.78 is 26.1. The zero-order valence-corrected chi connectivity index (χ0v) is 13.3. The SMILES string of the molecule is CN(Cc1nccn1C(F)F)C(=O)C1(N)CCCC1.Cl.Cl. The summed E-state index contributed by atoms with van der Waals surface area (Å²) in [6.45, 7) is -2.62. The summed E-state index contributed by atoms with van der Waals surface area (Å²) in [5.41, 5.74) is 5.23. The van der Waals surface area contributed by atoms with Crippen LogP contribution in [0, 0.1) is 0 Å². The largest absolute Gasteiger partial charge is 0.337 e. The van der Waals surface area contributed by atoms with Crippen molar-refractivity contribution in [2.24, 2.45) is 5.73 Å². The third-order valence-corrected chi connectivity index (χ3v) is 3.61. The van der Waals surface area contributed by atoms with Gasteiger partial charge >= 0.3 is 6.55 Å². The molecule has 21 heavy (non-hydrogen) atoms. The van der Waals surface area contributed by atoms with E-state index in [9.17, 15) is 13.6 Å². The summed E-state index contributed by atoms with van der Waals surface area (Å²) in [6.07, 6.45) is 5.67. The van der Waals surface area contributed by atoms with Gasteiger partial charge in [0.15, 0.2) is 0 Å². The van der Waals surface area contributed by atoms with E-state index in [2.05, 4.69) is 4.98 Å². The fraction of sp³-hybridized carbons (Fsp3) is 0.667. The molecular formula is C12H20Cl2F2N4O. The van der Waals surface area contributed by atoms with Crippen LogP contribution in [0.5, 0.6) is 0 Å². The number of aromatic nitrogens is 2. The average Bonchev–Trinajstić information content (AvgIpc) is 2.98. The number of nitrogens with zero attached hydrogens (tertiary/aromatic N) is 3. The van der Waals surface area contributed by atoms with E-state index in [0.29, 0.717) is 12.8 Å². The maximum absolute atomic E-state index is 12.7. The molecule has 0 unspecified atom stereocenters. The normalized spacial score (nSPS) is 16.2. The van der Waals surface area contributed by atoms with E-state index in [0.717, 1.165) is 17.4 Å². The van der Waals surface area contributed by atoms with Crippen LogP contribution >= 0.6 is 24.8 Å². The number of alkyl halides is 2. The van der Waals surface area contributed by atoms with Crippen molar-refractivity contribution >= 4 is 30.7 Å². The molecule has 0 aromatic carbocycles. The maximum Gasteiger partial charge on any atom is 0.319 e. The lowest BCUT2D eigenvalue weighted by atomic mass is 9.97. The van der Waals surface area contributed by atoms with E-state index in [1.807, 2.05) is 0 Å². The topological polar surface area (TPSA) is 64.2 Å². The zero-order chi connectivity index (χ0) is 14.0. The number of imidazole rings is 1. The molecule has 1 heterocycles. The van der Waals surface area contributed by atoms with E-state index in [1.54, 1.807) is 7.05 Å². The molecule has 2 rings (SSSR count). The van der Waals surface area contributed by atoms with Gasteiger partial charge in [0.25, 0.3) is 0 Å². The van der Waals surface area contributed by atoms with Gasteiger partial charge in [-0.15, -0.1) is 24.8 Å². The first-order valence-electron chi connectivity index (χ1n) is 6.28. The number of hydrogen-bond donors (Lipinski definition) is 1. The molecule has 0 radical (unpaired) electrons. The first-order chi connectivity index (χ1) is 8.94. The Morgan fingerprint density at radius 3 is 2.57 bits per heavy atom. The fourth-order valence-corrected chi connectivity index (χ4v) is 2.53. The van der Waals surface area contributed by atoms with Crippen molar-refractivity contribution in [1.82, 2.24) is 14.5 Å². The molecule has 1 saturated carbocycles. The zero-order valence-electron chi connectivity index (χ0n) is 11.7. The van der Waals surface area contributed by atoms with Gasteiger partial charge in [0.2, 0.25) is 5.91 Å². The third kappa shape index (κ3) is 4.28. The molecule has 1 fully saturated rings. The number of carbonyl (C=O) groups excluding carboxylic acids is 1. The van der Waals surface area contributed by atoms with Crippen molar-refractivity contribution in [3.05, 3.63) is 18.2 Å². The molecule has 0 atom stereocenters. The number of carbonyl (C=O) groups is 1. The van der Waals surface area contributed by atoms with Gasteiger partial charge in [0, 0.05) is 19.4 Å². The highest BCUT2D eigenvalue weighted by Gasteiger charge is 2.39. The van der Waals surface area contributed by atoms with Gasteiger partial charge < -0.3 is 10.6 Å². The minimum atomic E-state index is -2.65. The Balaban J connectivity index is 0.00000200. The standard InChI is InChI=1S/C12H18F2N4O.2ClH/c1-17(10(19)12(15)4-2-3-5-12)8-9-16-6-7-18(9)11(13)14;;/h6-7,11H,2-5,8,15H2,1H3;2*1H. The van der Waals surface area contributed by atoms with Crippen LogP contribution in [-0.4, -0.2) is 32.9 Å². The van der Waals surface area contributed by atoms with Crippen LogP contribution in [0.15, 0.2) is 12.4 Å². The van der Waals surface area contributed by atoms with Crippen molar-refractivity contribution in [2.75, 3.05) is 7.05 Å². The van der Waals surface area contributed by atoms with Gasteiger partial charge in [-0.2, -0.15) is 8.78 Å². The molecule has 1 aliphatic carbocycles. The Bertz CT molecular complexity index is 464. The Morgan fingerprint density at radius 1 is 1.48 bits per heavy atom. The van der Waals surface area contributed by atoms with Crippen LogP contribution in [0.2, 0.25) is 0 Å². The van der Waals surface area contributed by atoms with E-state index >= 15 is 0 Å². The highest BCUT2D eigenvalue weighted by atomic mass is 35.5. The van der Waals surface area contributed by atoms with Crippen molar-refractivity contribution in [3.63, 3.8) is 0 Å². The smallest absolute Gasteiger partial charge is 0.319 e. The number of halogens is 4. The minimum absolute atomic E-state index is 0. The average molecular weight is 345 g/mol. The number of rotatable bonds is 4. The second kappa shape index (κ2) is 7.91. The summed E-state index contributed by atoms with van der Waals surface area (Å²) in [7, 11) is 1.57. The Labute approximate surface area is 134 Å². The first kappa shape index (κ1) is 20.1. The van der Waals surface area contributed by atoms with Crippen LogP contribution in [0.4, 0.5) is 8.78 Å². The third-order valence-electron chi connectivity index (χ3n) is 3.61. The van der Waals surface area contributed by atoms with Gasteiger partial charge in [-0.05, 0) is 12.8 Å². The molecule has 5 nitrogen and oxygen atoms in total. The van der Waals surface area contributed by atoms with Crippen molar-refractivity contribution in [2.45, 2.75) is 44.3 Å². The maximum atomic E-state index is 12.7. The van der Waals surface area contributed by atoms with Crippen LogP contribution in [0.3, 0.4) is 0 Å². The van der Waals surface area contributed by atoms with Gasteiger partial charge in [-0.1, -0.05) is 12.8 Å². The van der Waals surface area contributed by atoms with Gasteiger partial charge in [-0.25, -0.2) is 4.98 Å². The second-order valence-corrected chi connectivity index (χ2v) is 5.05. The Hall–Kier alpha value is -0.920. The van der Waals surface area contributed by atoms with Crippen LogP contribution < -0.4 is 5.73 Å². The summed E-state index contributed by atoms with van der Waals surface area (Å²) in [5, 5.41) is 0. The van der Waals surface area contributed by atoms with Gasteiger partial charge in [0.1, 0.15) is 5.82 Å². The van der Waals surface area contributed by atoms with Gasteiger partial charge in [-0.3, -0.25) is 9.36 Å². The summed E-state index contributed by atoms with van der Waals surface area (Å²) in [5.74, 6) is -0.0405. The predicted octanol–water partition coefficient (Wildman–Crippen LogP) is 2.35. The monoisotopic (exact) mass is 344 g/mol. The molecule has 1 amide bonds. The molecular weight excluding hydrogens is 325 g/mol. The number of likely N-dealkylation sites (N-methyl/N-ethyl adjacent to an activating group) is 1. The fourth-order valence-electron chi connectivity index (χ4n) is 2.53. The highest BCUT2D eigenvalue weighted by molar-refractivity contribution is 5.86. The van der Waals surface area contributed by atoms with Crippen LogP contribution in [0.1, 0.15) is 38.1 Å². The van der Waals surface area contributed by atoms with E-state index in [1.165, 1.54) is 17.3 Å². The molecule has 0 bridgehead atoms. The first-order valence-corrected chi connectivity index (χ1v) is 6.28. The highest BCUT2D eigenvalue weighted by Crippen LogP contribution is 2.29. The van der Waals surface area contributed by atoms with Gasteiger partial charge in [0.05, 0.1) is 12.1 Å². The lowest BCUT2D eigenvalue weighted by Gasteiger charge is -2.28. The minimum Gasteiger partial charge on any atom is -0.337 e. The summed E-state index contributed by atoms with van der Waals surface area (Å²) >= 11 is 0. The molecule has 0 saturated heterocycles. The quantitative estimate of drug-likeness (QED) is 0.911. The van der Waals surface area contributed by atoms with Crippen LogP contribution in [0.25, 0.3) is 0 Å². The van der Waals surface area contributed by atoms with E-state index < -0.39 is 12.1 Å². The molecule has 1 aromatic heterocycles. The molecule has 0 spiro atoms. The molecule has 1 aliphatic rings. The summed E-state index contributed by atoms with van der Waals surface area (Å²) in [4.78, 5) is 17.5. The number of hydrogen-bond acceptors (Lipinski definition) is 3. The van der Waals surface area contributed by atoms with E-state index in [-0.39, 0.29) is 43.1 Å². The molecule has 0 aliphatic heterocycles. The van der Waals surface area contributed by atoms with Crippen molar-refractivity contribution in [3.8, 4) is 0 Å². The van der Waals surface area contributed by atoms with E-state index in [4.69, 9.17) is 5.73 Å². The molecule has 9 heteroatoms. The molecule has 2 N–H and O–H groups in total. The lowest BCUT2D eigenvalue weighted by molar-refractivity contribution is -0.136. The Morgan fingerprint density at radius 2 is 2.05 bits per heavy atom. The summed E-state index contributed by atoms with van der Waals surface area (Å²) in [6, 6.07) is 0. The van der Waals surface area contributed by atoms with Crippen molar-refractivity contribution in [1.29, 1.82) is 0 Å². The predicted molar refractivity (Wildman–Crippen MR) is 79.8 cm³/mol. The number of amides is 1. The molecule has 122 valence electrons. The lowest BCUT2D eigenvalue weighted by Crippen LogP contribution is -2.52. The molecule has 1 aromatic rings. The van der Waals surface area contributed by atoms with Crippen LogP contribution in [-0.2, 0) is 11.3 Å². The Kier molecular flexibility index (Phi) is 7.56.